The minimum atomic E-state index is 0. The molecule has 0 unspecified atom stereocenters. The molecular weight excluding hydrogens is 182 g/mol. The van der Waals surface area contributed by atoms with Crippen LogP contribution in [0.15, 0.2) is 0 Å². The van der Waals surface area contributed by atoms with Crippen LogP contribution in [0.25, 0.3) is 0 Å². The molecule has 0 rings (SSSR count). The summed E-state index contributed by atoms with van der Waals surface area (Å²) in [5.41, 5.74) is 0. The van der Waals surface area contributed by atoms with Gasteiger partial charge in [0.15, 0.2) is 0 Å². The quantitative estimate of drug-likeness (QED) is 0.441. The van der Waals surface area contributed by atoms with Crippen LogP contribution in [0.1, 0.15) is 0 Å². The van der Waals surface area contributed by atoms with Crippen LogP contribution in [-0.4, -0.2) is 11.0 Å². The van der Waals surface area contributed by atoms with Gasteiger partial charge in [-0.1, -0.05) is 0 Å². The molecule has 0 aromatic rings. The van der Waals surface area contributed by atoms with Gasteiger partial charge in [-0.2, -0.15) is 0 Å². The Hall–Kier alpha value is 0.533. The van der Waals surface area contributed by atoms with E-state index < -0.39 is 0 Å². The maximum atomic E-state index is 7.94. The van der Waals surface area contributed by atoms with E-state index in [0.29, 0.717) is 0 Å². The van der Waals surface area contributed by atoms with E-state index >= 15 is 0 Å². The summed E-state index contributed by atoms with van der Waals surface area (Å²) in [6.07, 6.45) is 0. The predicted octanol–water partition coefficient (Wildman–Crippen LogP) is -1.89. The Morgan fingerprint density at radius 1 is 0.667 bits per heavy atom. The summed E-state index contributed by atoms with van der Waals surface area (Å²) in [4.78, 5) is 0. The SMILES string of the molecule is O.O.[O]=[Co].[O]=[Co]. The van der Waals surface area contributed by atoms with Crippen LogP contribution in [0, 0.1) is 0 Å². The van der Waals surface area contributed by atoms with Crippen molar-refractivity contribution in [3.63, 3.8) is 0 Å². The molecular formula is H4Co2O4. The zero-order valence-electron chi connectivity index (χ0n) is 2.48. The van der Waals surface area contributed by atoms with Gasteiger partial charge in [0.1, 0.15) is 0 Å². The molecule has 0 atom stereocenters. The van der Waals surface area contributed by atoms with E-state index in [2.05, 4.69) is 31.3 Å². The molecule has 0 spiro atoms. The second-order valence-electron chi connectivity index (χ2n) is 0. The summed E-state index contributed by atoms with van der Waals surface area (Å²) < 4.78 is 15.9. The fourth-order valence-corrected chi connectivity index (χ4v) is 0. The van der Waals surface area contributed by atoms with Crippen LogP contribution < -0.4 is 0 Å². The first-order chi connectivity index (χ1) is 2.00. The maximum absolute atomic E-state index is 7.94. The molecule has 0 bridgehead atoms. The zero-order chi connectivity index (χ0) is 4.00. The van der Waals surface area contributed by atoms with Gasteiger partial charge in [-0.05, 0) is 0 Å². The zero-order valence-corrected chi connectivity index (χ0v) is 4.57. The van der Waals surface area contributed by atoms with Crippen LogP contribution >= 0.6 is 0 Å². The van der Waals surface area contributed by atoms with Crippen molar-refractivity contribution in [3.8, 4) is 0 Å². The minimum absolute atomic E-state index is 0. The molecule has 0 aromatic carbocycles. The van der Waals surface area contributed by atoms with Crippen molar-refractivity contribution in [1.29, 1.82) is 0 Å². The molecule has 46 valence electrons. The van der Waals surface area contributed by atoms with Gasteiger partial charge in [-0.25, -0.2) is 0 Å². The first-order valence-electron chi connectivity index (χ1n) is 0.272. The summed E-state index contributed by atoms with van der Waals surface area (Å²) in [6.45, 7) is 0. The summed E-state index contributed by atoms with van der Waals surface area (Å²) in [7, 11) is 0. The standard InChI is InChI=1S/2Co.2H2O.2O/h;;2*1H2;;. The Bertz CT molecular complexity index is 7.51. The summed E-state index contributed by atoms with van der Waals surface area (Å²) >= 11 is 4.62. The predicted molar refractivity (Wildman–Crippen MR) is 8.60 cm³/mol. The molecule has 4 N–H and O–H groups in total. The van der Waals surface area contributed by atoms with Gasteiger partial charge < -0.3 is 11.0 Å². The number of hydrogen-bond donors (Lipinski definition) is 0. The molecule has 0 aliphatic heterocycles. The Kier molecular flexibility index (Phi) is 2080. The average Bonchev–Trinajstić information content (AvgIpc) is 1.50. The van der Waals surface area contributed by atoms with Crippen molar-refractivity contribution >= 4 is 0 Å². The van der Waals surface area contributed by atoms with Gasteiger partial charge in [0.05, 0.1) is 0 Å². The molecule has 0 fully saturated rings. The molecule has 6 heavy (non-hydrogen) atoms. The Morgan fingerprint density at radius 2 is 0.667 bits per heavy atom. The van der Waals surface area contributed by atoms with E-state index in [4.69, 9.17) is 7.73 Å². The Morgan fingerprint density at radius 3 is 0.667 bits per heavy atom. The molecule has 0 heterocycles. The van der Waals surface area contributed by atoms with Gasteiger partial charge in [-0.3, -0.25) is 0 Å². The molecule has 0 saturated carbocycles. The first-order valence-corrected chi connectivity index (χ1v) is 1.12. The normalized spacial score (nSPS) is 1.67. The van der Waals surface area contributed by atoms with Crippen LogP contribution in [0.4, 0.5) is 0 Å². The van der Waals surface area contributed by atoms with Gasteiger partial charge >= 0.3 is 39.1 Å². The van der Waals surface area contributed by atoms with Crippen molar-refractivity contribution in [3.05, 3.63) is 0 Å². The Balaban J connectivity index is -0.00000000500. The number of hydrogen-bond acceptors (Lipinski definition) is 2. The Labute approximate surface area is 50.5 Å². The van der Waals surface area contributed by atoms with Gasteiger partial charge in [-0.15, -0.1) is 0 Å². The third kappa shape index (κ3) is 199. The van der Waals surface area contributed by atoms with Crippen LogP contribution in [0.5, 0.6) is 0 Å². The van der Waals surface area contributed by atoms with E-state index in [-0.39, 0.29) is 11.0 Å². The van der Waals surface area contributed by atoms with Crippen molar-refractivity contribution in [2.75, 3.05) is 0 Å². The second-order valence-corrected chi connectivity index (χ2v) is 0. The fraction of sp³-hybridized carbons (Fsp3) is 0. The van der Waals surface area contributed by atoms with Crippen molar-refractivity contribution < 1.29 is 50.0 Å². The third-order valence-corrected chi connectivity index (χ3v) is 0. The van der Waals surface area contributed by atoms with Gasteiger partial charge in [0.25, 0.3) is 0 Å². The molecule has 0 saturated heterocycles. The monoisotopic (exact) mass is 186 g/mol. The van der Waals surface area contributed by atoms with E-state index in [9.17, 15) is 0 Å². The summed E-state index contributed by atoms with van der Waals surface area (Å²) in [5, 5.41) is 0. The van der Waals surface area contributed by atoms with Crippen molar-refractivity contribution in [1.82, 2.24) is 0 Å². The molecule has 0 aliphatic carbocycles. The molecule has 6 heteroatoms. The van der Waals surface area contributed by atoms with Crippen LogP contribution in [-0.2, 0) is 39.1 Å². The number of rotatable bonds is 0. The third-order valence-electron chi connectivity index (χ3n) is 0. The van der Waals surface area contributed by atoms with E-state index in [1.165, 1.54) is 0 Å². The topological polar surface area (TPSA) is 97.1 Å². The summed E-state index contributed by atoms with van der Waals surface area (Å²) in [5.74, 6) is 0. The van der Waals surface area contributed by atoms with Crippen LogP contribution in [0.3, 0.4) is 0 Å². The average molecular weight is 186 g/mol. The van der Waals surface area contributed by atoms with E-state index in [0.717, 1.165) is 0 Å². The summed E-state index contributed by atoms with van der Waals surface area (Å²) in [6, 6.07) is 0. The van der Waals surface area contributed by atoms with Crippen LogP contribution in [0.2, 0.25) is 0 Å². The van der Waals surface area contributed by atoms with Gasteiger partial charge in [0.2, 0.25) is 0 Å². The van der Waals surface area contributed by atoms with Crippen molar-refractivity contribution in [2.24, 2.45) is 0 Å². The second kappa shape index (κ2) is 400. The van der Waals surface area contributed by atoms with E-state index in [1.54, 1.807) is 0 Å². The van der Waals surface area contributed by atoms with E-state index in [1.807, 2.05) is 0 Å². The fourth-order valence-electron chi connectivity index (χ4n) is 0. The molecule has 0 radical (unpaired) electrons. The molecule has 0 aromatic heterocycles. The molecule has 0 amide bonds. The first kappa shape index (κ1) is 31.2. The molecule has 0 aliphatic rings. The van der Waals surface area contributed by atoms with Crippen molar-refractivity contribution in [2.45, 2.75) is 0 Å². The molecule has 4 nitrogen and oxygen atoms in total. The van der Waals surface area contributed by atoms with Gasteiger partial charge in [0, 0.05) is 0 Å².